The van der Waals surface area contributed by atoms with Crippen molar-refractivity contribution in [1.82, 2.24) is 4.31 Å². The molecule has 0 saturated heterocycles. The zero-order valence-electron chi connectivity index (χ0n) is 11.9. The van der Waals surface area contributed by atoms with Crippen LogP contribution in [0.5, 0.6) is 0 Å². The molecule has 0 spiro atoms. The molecule has 20 heavy (non-hydrogen) atoms. The third-order valence-corrected chi connectivity index (χ3v) is 5.61. The largest absolute Gasteiger partial charge is 0.389 e. The van der Waals surface area contributed by atoms with Crippen molar-refractivity contribution in [2.45, 2.75) is 31.7 Å². The summed E-state index contributed by atoms with van der Waals surface area (Å²) in [5, 5.41) is 0. The topological polar surface area (TPSA) is 63.4 Å². The molecule has 1 aromatic carbocycles. The van der Waals surface area contributed by atoms with Crippen LogP contribution >= 0.6 is 12.2 Å². The summed E-state index contributed by atoms with van der Waals surface area (Å²) in [7, 11) is -2.39. The van der Waals surface area contributed by atoms with Crippen LogP contribution in [0.1, 0.15) is 26.3 Å². The molecule has 0 radical (unpaired) electrons. The first-order valence-corrected chi connectivity index (χ1v) is 8.01. The van der Waals surface area contributed by atoms with Gasteiger partial charge in [0, 0.05) is 13.1 Å². The zero-order chi connectivity index (χ0) is 15.7. The van der Waals surface area contributed by atoms with Crippen molar-refractivity contribution in [2.24, 2.45) is 11.7 Å². The van der Waals surface area contributed by atoms with Gasteiger partial charge in [0.2, 0.25) is 10.0 Å². The van der Waals surface area contributed by atoms with E-state index in [1.54, 1.807) is 6.92 Å². The van der Waals surface area contributed by atoms with Gasteiger partial charge in [0.1, 0.15) is 10.8 Å². The second-order valence-electron chi connectivity index (χ2n) is 4.98. The van der Waals surface area contributed by atoms with Crippen molar-refractivity contribution in [2.75, 3.05) is 7.05 Å². The normalized spacial score (nSPS) is 13.8. The van der Waals surface area contributed by atoms with Crippen LogP contribution < -0.4 is 5.73 Å². The van der Waals surface area contributed by atoms with Gasteiger partial charge in [-0.1, -0.05) is 32.1 Å². The molecule has 0 saturated carbocycles. The monoisotopic (exact) mass is 318 g/mol. The smallest absolute Gasteiger partial charge is 0.243 e. The van der Waals surface area contributed by atoms with E-state index in [0.29, 0.717) is 0 Å². The standard InChI is InChI=1S/C13H19FN2O2S2/c1-8(2)9(3)16(4)20(17,18)11-7-5-6-10(14)12(11)13(15)19/h5-9H,1-4H3,(H2,15,19). The molecule has 1 atom stereocenters. The minimum atomic E-state index is -3.86. The average Bonchev–Trinajstić information content (AvgIpc) is 2.35. The fourth-order valence-electron chi connectivity index (χ4n) is 1.75. The number of sulfonamides is 1. The Morgan fingerprint density at radius 1 is 1.35 bits per heavy atom. The number of nitrogens with zero attached hydrogens (tertiary/aromatic N) is 1. The van der Waals surface area contributed by atoms with E-state index in [4.69, 9.17) is 18.0 Å². The van der Waals surface area contributed by atoms with Crippen LogP contribution in [-0.2, 0) is 10.0 Å². The van der Waals surface area contributed by atoms with Crippen LogP contribution in [0.25, 0.3) is 0 Å². The van der Waals surface area contributed by atoms with Crippen molar-refractivity contribution in [1.29, 1.82) is 0 Å². The van der Waals surface area contributed by atoms with Gasteiger partial charge in [-0.15, -0.1) is 0 Å². The van der Waals surface area contributed by atoms with E-state index in [-0.39, 0.29) is 27.4 Å². The van der Waals surface area contributed by atoms with Gasteiger partial charge >= 0.3 is 0 Å². The Labute approximate surface area is 124 Å². The lowest BCUT2D eigenvalue weighted by Crippen LogP contribution is -2.39. The zero-order valence-corrected chi connectivity index (χ0v) is 13.6. The van der Waals surface area contributed by atoms with E-state index in [1.807, 2.05) is 13.8 Å². The highest BCUT2D eigenvalue weighted by molar-refractivity contribution is 7.89. The first-order valence-electron chi connectivity index (χ1n) is 6.17. The molecule has 0 aliphatic rings. The third-order valence-electron chi connectivity index (χ3n) is 3.42. The highest BCUT2D eigenvalue weighted by Crippen LogP contribution is 2.24. The van der Waals surface area contributed by atoms with Crippen LogP contribution in [0.2, 0.25) is 0 Å². The van der Waals surface area contributed by atoms with Gasteiger partial charge in [0.25, 0.3) is 0 Å². The van der Waals surface area contributed by atoms with Crippen molar-refractivity contribution in [3.8, 4) is 0 Å². The lowest BCUT2D eigenvalue weighted by molar-refractivity contribution is 0.315. The molecular weight excluding hydrogens is 299 g/mol. The molecule has 112 valence electrons. The van der Waals surface area contributed by atoms with Gasteiger partial charge < -0.3 is 5.73 Å². The predicted molar refractivity (Wildman–Crippen MR) is 81.5 cm³/mol. The highest BCUT2D eigenvalue weighted by Gasteiger charge is 2.30. The Balaban J connectivity index is 3.44. The molecule has 4 nitrogen and oxygen atoms in total. The van der Waals surface area contributed by atoms with E-state index >= 15 is 0 Å². The van der Waals surface area contributed by atoms with Crippen molar-refractivity contribution in [3.63, 3.8) is 0 Å². The summed E-state index contributed by atoms with van der Waals surface area (Å²) in [6, 6.07) is 3.55. The molecular formula is C13H19FN2O2S2. The molecule has 0 aliphatic carbocycles. The maximum Gasteiger partial charge on any atom is 0.243 e. The number of halogens is 1. The molecule has 1 unspecified atom stereocenters. The van der Waals surface area contributed by atoms with Crippen molar-refractivity contribution in [3.05, 3.63) is 29.6 Å². The minimum Gasteiger partial charge on any atom is -0.389 e. The Kier molecular flexibility index (Phi) is 5.23. The second-order valence-corrected chi connectivity index (χ2v) is 7.39. The first-order chi connectivity index (χ1) is 9.10. The summed E-state index contributed by atoms with van der Waals surface area (Å²) in [5.41, 5.74) is 5.23. The number of nitrogens with two attached hydrogens (primary N) is 1. The van der Waals surface area contributed by atoms with Crippen LogP contribution in [0.3, 0.4) is 0 Å². The quantitative estimate of drug-likeness (QED) is 0.845. The van der Waals surface area contributed by atoms with Gasteiger partial charge in [-0.05, 0) is 25.0 Å². The number of hydrogen-bond acceptors (Lipinski definition) is 3. The van der Waals surface area contributed by atoms with E-state index in [2.05, 4.69) is 0 Å². The second kappa shape index (κ2) is 6.15. The maximum absolute atomic E-state index is 13.8. The first kappa shape index (κ1) is 17.0. The SMILES string of the molecule is CC(C)C(C)N(C)S(=O)(=O)c1cccc(F)c1C(N)=S. The van der Waals surface area contributed by atoms with Gasteiger partial charge in [-0.3, -0.25) is 0 Å². The van der Waals surface area contributed by atoms with Crippen LogP contribution in [0, 0.1) is 11.7 Å². The molecule has 0 amide bonds. The molecule has 0 aliphatic heterocycles. The maximum atomic E-state index is 13.8. The molecule has 7 heteroatoms. The van der Waals surface area contributed by atoms with Gasteiger partial charge in [0.05, 0.1) is 10.5 Å². The fourth-order valence-corrected chi connectivity index (χ4v) is 3.73. The summed E-state index contributed by atoms with van der Waals surface area (Å²) in [5.74, 6) is -0.610. The molecule has 0 bridgehead atoms. The Bertz CT molecular complexity index is 615. The van der Waals surface area contributed by atoms with Gasteiger partial charge in [-0.25, -0.2) is 12.8 Å². The molecule has 0 fully saturated rings. The van der Waals surface area contributed by atoms with Gasteiger partial charge in [0.15, 0.2) is 0 Å². The fraction of sp³-hybridized carbons (Fsp3) is 0.462. The summed E-state index contributed by atoms with van der Waals surface area (Å²) >= 11 is 4.76. The van der Waals surface area contributed by atoms with Gasteiger partial charge in [-0.2, -0.15) is 4.31 Å². The van der Waals surface area contributed by atoms with E-state index in [0.717, 1.165) is 6.07 Å². The Morgan fingerprint density at radius 2 is 1.90 bits per heavy atom. The molecule has 0 heterocycles. The average molecular weight is 318 g/mol. The Hall–Kier alpha value is -1.05. The summed E-state index contributed by atoms with van der Waals surface area (Å²) in [6.45, 7) is 5.62. The molecule has 1 rings (SSSR count). The lowest BCUT2D eigenvalue weighted by atomic mass is 10.1. The lowest BCUT2D eigenvalue weighted by Gasteiger charge is -2.28. The molecule has 2 N–H and O–H groups in total. The van der Waals surface area contributed by atoms with E-state index in [9.17, 15) is 12.8 Å². The van der Waals surface area contributed by atoms with Crippen LogP contribution in [-0.4, -0.2) is 30.8 Å². The Morgan fingerprint density at radius 3 is 2.35 bits per heavy atom. The number of thiocarbonyl (C=S) groups is 1. The van der Waals surface area contributed by atoms with Crippen LogP contribution in [0.4, 0.5) is 4.39 Å². The van der Waals surface area contributed by atoms with Crippen molar-refractivity contribution >= 4 is 27.2 Å². The minimum absolute atomic E-state index is 0.122. The summed E-state index contributed by atoms with van der Waals surface area (Å²) in [6.07, 6.45) is 0. The predicted octanol–water partition coefficient (Wildman–Crippen LogP) is 2.12. The van der Waals surface area contributed by atoms with E-state index in [1.165, 1.54) is 23.5 Å². The third kappa shape index (κ3) is 3.16. The van der Waals surface area contributed by atoms with Crippen LogP contribution in [0.15, 0.2) is 23.1 Å². The molecule has 1 aromatic rings. The number of benzene rings is 1. The summed E-state index contributed by atoms with van der Waals surface area (Å²) in [4.78, 5) is -0.465. The molecule has 0 aromatic heterocycles. The highest BCUT2D eigenvalue weighted by atomic mass is 32.2. The van der Waals surface area contributed by atoms with E-state index < -0.39 is 15.8 Å². The summed E-state index contributed by atoms with van der Waals surface area (Å²) < 4.78 is 40.2. The number of rotatable bonds is 5. The number of hydrogen-bond donors (Lipinski definition) is 1. The van der Waals surface area contributed by atoms with Crippen molar-refractivity contribution < 1.29 is 12.8 Å².